The molecule has 1 amide bonds. The van der Waals surface area contributed by atoms with Crippen LogP contribution < -0.4 is 10.9 Å². The maximum Gasteiger partial charge on any atom is 0.325 e. The summed E-state index contributed by atoms with van der Waals surface area (Å²) in [4.78, 5) is 44.5. The normalized spacial score (nSPS) is 10.9. The third-order valence-corrected chi connectivity index (χ3v) is 5.44. The van der Waals surface area contributed by atoms with E-state index in [9.17, 15) is 18.8 Å². The predicted molar refractivity (Wildman–Crippen MR) is 103 cm³/mol. The number of fused-ring (bicyclic) bond motifs is 1. The summed E-state index contributed by atoms with van der Waals surface area (Å²) in [6, 6.07) is 3.31. The first-order valence-electron chi connectivity index (χ1n) is 8.14. The Kier molecular flexibility index (Phi) is 5.76. The number of aromatic amines is 1. The molecular weight excluding hydrogens is 409 g/mol. The largest absolute Gasteiger partial charge is 0.456 e. The van der Waals surface area contributed by atoms with Crippen molar-refractivity contribution in [1.29, 1.82) is 0 Å². The topological polar surface area (TPSA) is 101 Å². The Labute approximate surface area is 167 Å². The molecule has 2 heterocycles. The standard InChI is InChI=1S/C18H15ClFN3O4S/c1-8-9(2)28-18-15(8)17(26)22-13(23-18)7-27-14(24)6-21-16(25)11-4-3-10(20)5-12(11)19/h3-5H,6-7H2,1-2H3,(H,21,25)(H,22,23,26). The minimum atomic E-state index is -0.729. The van der Waals surface area contributed by atoms with Crippen LogP contribution in [0.2, 0.25) is 5.02 Å². The van der Waals surface area contributed by atoms with Gasteiger partial charge in [-0.05, 0) is 37.6 Å². The SMILES string of the molecule is Cc1sc2nc(COC(=O)CNC(=O)c3ccc(F)cc3Cl)[nH]c(=O)c2c1C. The molecule has 0 aliphatic heterocycles. The van der Waals surface area contributed by atoms with E-state index in [0.717, 1.165) is 22.6 Å². The molecule has 0 unspecified atom stereocenters. The van der Waals surface area contributed by atoms with Crippen molar-refractivity contribution in [3.8, 4) is 0 Å². The molecule has 7 nitrogen and oxygen atoms in total. The number of ether oxygens (including phenoxy) is 1. The van der Waals surface area contributed by atoms with Gasteiger partial charge in [0, 0.05) is 4.88 Å². The minimum Gasteiger partial charge on any atom is -0.456 e. The summed E-state index contributed by atoms with van der Waals surface area (Å²) in [7, 11) is 0. The molecule has 2 N–H and O–H groups in total. The summed E-state index contributed by atoms with van der Waals surface area (Å²) in [5, 5.41) is 2.80. The van der Waals surface area contributed by atoms with E-state index < -0.39 is 24.2 Å². The van der Waals surface area contributed by atoms with Gasteiger partial charge in [-0.1, -0.05) is 11.6 Å². The van der Waals surface area contributed by atoms with E-state index in [1.165, 1.54) is 17.4 Å². The highest BCUT2D eigenvalue weighted by Gasteiger charge is 2.15. The van der Waals surface area contributed by atoms with Crippen molar-refractivity contribution in [3.63, 3.8) is 0 Å². The molecule has 0 saturated heterocycles. The van der Waals surface area contributed by atoms with Crippen LogP contribution >= 0.6 is 22.9 Å². The Morgan fingerprint density at radius 2 is 2.11 bits per heavy atom. The van der Waals surface area contributed by atoms with E-state index >= 15 is 0 Å². The molecule has 10 heteroatoms. The summed E-state index contributed by atoms with van der Waals surface area (Å²) in [6.07, 6.45) is 0. The maximum atomic E-state index is 13.0. The number of nitrogens with zero attached hydrogens (tertiary/aromatic N) is 1. The third-order valence-electron chi connectivity index (χ3n) is 4.03. The molecule has 1 aromatic carbocycles. The van der Waals surface area contributed by atoms with Crippen LogP contribution in [0.15, 0.2) is 23.0 Å². The van der Waals surface area contributed by atoms with E-state index in [1.807, 2.05) is 13.8 Å². The van der Waals surface area contributed by atoms with Crippen molar-refractivity contribution < 1.29 is 18.7 Å². The lowest BCUT2D eigenvalue weighted by Crippen LogP contribution is -2.31. The number of benzene rings is 1. The highest BCUT2D eigenvalue weighted by atomic mass is 35.5. The fraction of sp³-hybridized carbons (Fsp3) is 0.222. The summed E-state index contributed by atoms with van der Waals surface area (Å²) >= 11 is 7.19. The lowest BCUT2D eigenvalue weighted by Gasteiger charge is -2.07. The molecule has 0 bridgehead atoms. The van der Waals surface area contributed by atoms with Crippen LogP contribution in [0.1, 0.15) is 26.6 Å². The van der Waals surface area contributed by atoms with Crippen LogP contribution in [-0.2, 0) is 16.1 Å². The summed E-state index contributed by atoms with van der Waals surface area (Å²) in [5.74, 6) is -1.73. The van der Waals surface area contributed by atoms with E-state index in [0.29, 0.717) is 10.2 Å². The molecule has 0 radical (unpaired) electrons. The zero-order chi connectivity index (χ0) is 20.4. The fourth-order valence-electron chi connectivity index (χ4n) is 2.49. The highest BCUT2D eigenvalue weighted by molar-refractivity contribution is 7.18. The number of aryl methyl sites for hydroxylation is 2. The van der Waals surface area contributed by atoms with E-state index in [-0.39, 0.29) is 28.6 Å². The molecule has 3 aromatic rings. The zero-order valence-corrected chi connectivity index (χ0v) is 16.5. The van der Waals surface area contributed by atoms with Gasteiger partial charge >= 0.3 is 5.97 Å². The van der Waals surface area contributed by atoms with Crippen LogP contribution in [0.25, 0.3) is 10.2 Å². The number of H-pyrrole nitrogens is 1. The van der Waals surface area contributed by atoms with Gasteiger partial charge in [0.2, 0.25) is 0 Å². The van der Waals surface area contributed by atoms with Gasteiger partial charge in [-0.25, -0.2) is 9.37 Å². The number of amides is 1. The molecule has 0 fully saturated rings. The first-order chi connectivity index (χ1) is 13.3. The van der Waals surface area contributed by atoms with Gasteiger partial charge in [0.1, 0.15) is 29.6 Å². The molecule has 0 saturated carbocycles. The van der Waals surface area contributed by atoms with Gasteiger partial charge in [-0.3, -0.25) is 14.4 Å². The Hall–Kier alpha value is -2.78. The quantitative estimate of drug-likeness (QED) is 0.614. The number of rotatable bonds is 5. The number of halogens is 2. The lowest BCUT2D eigenvalue weighted by molar-refractivity contribution is -0.143. The van der Waals surface area contributed by atoms with Gasteiger partial charge in [0.25, 0.3) is 11.5 Å². The van der Waals surface area contributed by atoms with Gasteiger partial charge in [-0.2, -0.15) is 0 Å². The number of thiophene rings is 1. The van der Waals surface area contributed by atoms with E-state index in [2.05, 4.69) is 15.3 Å². The van der Waals surface area contributed by atoms with Crippen molar-refractivity contribution in [2.24, 2.45) is 0 Å². The third kappa shape index (κ3) is 4.20. The highest BCUT2D eigenvalue weighted by Crippen LogP contribution is 2.25. The number of carbonyl (C=O) groups excluding carboxylic acids is 2. The number of esters is 1. The number of hydrogen-bond donors (Lipinski definition) is 2. The zero-order valence-electron chi connectivity index (χ0n) is 14.9. The Morgan fingerprint density at radius 3 is 2.82 bits per heavy atom. The number of nitrogens with one attached hydrogen (secondary N) is 2. The molecule has 0 aliphatic carbocycles. The van der Waals surface area contributed by atoms with Crippen LogP contribution in [0, 0.1) is 19.7 Å². The second-order valence-electron chi connectivity index (χ2n) is 5.94. The minimum absolute atomic E-state index is 0.0377. The summed E-state index contributed by atoms with van der Waals surface area (Å²) < 4.78 is 18.0. The van der Waals surface area contributed by atoms with Crippen molar-refractivity contribution >= 4 is 45.0 Å². The first-order valence-corrected chi connectivity index (χ1v) is 9.33. The molecule has 2 aromatic heterocycles. The second kappa shape index (κ2) is 8.07. The Balaban J connectivity index is 1.59. The Bertz CT molecular complexity index is 1140. The molecule has 146 valence electrons. The van der Waals surface area contributed by atoms with Gasteiger partial charge in [-0.15, -0.1) is 11.3 Å². The van der Waals surface area contributed by atoms with Crippen LogP contribution in [0.5, 0.6) is 0 Å². The number of carbonyl (C=O) groups is 2. The van der Waals surface area contributed by atoms with E-state index in [1.54, 1.807) is 0 Å². The van der Waals surface area contributed by atoms with Gasteiger partial charge in [0.05, 0.1) is 16.0 Å². The van der Waals surface area contributed by atoms with Crippen molar-refractivity contribution in [2.75, 3.05) is 6.54 Å². The second-order valence-corrected chi connectivity index (χ2v) is 7.55. The number of hydrogen-bond acceptors (Lipinski definition) is 6. The average molecular weight is 424 g/mol. The smallest absolute Gasteiger partial charge is 0.325 e. The van der Waals surface area contributed by atoms with Gasteiger partial charge < -0.3 is 15.0 Å². The summed E-state index contributed by atoms with van der Waals surface area (Å²) in [5.41, 5.74) is 0.618. The number of aromatic nitrogens is 2. The van der Waals surface area contributed by atoms with Crippen LogP contribution in [0.4, 0.5) is 4.39 Å². The molecule has 28 heavy (non-hydrogen) atoms. The van der Waals surface area contributed by atoms with Crippen molar-refractivity contribution in [2.45, 2.75) is 20.5 Å². The van der Waals surface area contributed by atoms with Gasteiger partial charge in [0.15, 0.2) is 0 Å². The van der Waals surface area contributed by atoms with Crippen molar-refractivity contribution in [3.05, 3.63) is 61.2 Å². The maximum absolute atomic E-state index is 13.0. The Morgan fingerprint density at radius 1 is 1.36 bits per heavy atom. The van der Waals surface area contributed by atoms with Crippen LogP contribution in [0.3, 0.4) is 0 Å². The monoisotopic (exact) mass is 423 g/mol. The molecule has 0 aliphatic rings. The van der Waals surface area contributed by atoms with Crippen LogP contribution in [-0.4, -0.2) is 28.4 Å². The lowest BCUT2D eigenvalue weighted by atomic mass is 10.2. The summed E-state index contributed by atoms with van der Waals surface area (Å²) in [6.45, 7) is 3.08. The predicted octanol–water partition coefficient (Wildman–Crippen LogP) is 2.87. The molecule has 0 atom stereocenters. The van der Waals surface area contributed by atoms with E-state index in [4.69, 9.17) is 16.3 Å². The molecule has 0 spiro atoms. The van der Waals surface area contributed by atoms with Crippen molar-refractivity contribution in [1.82, 2.24) is 15.3 Å². The molecule has 3 rings (SSSR count). The fourth-order valence-corrected chi connectivity index (χ4v) is 3.79. The molecular formula is C18H15ClFN3O4S. The first kappa shape index (κ1) is 20.0. The average Bonchev–Trinajstić information content (AvgIpc) is 2.92.